The molecule has 2 heterocycles. The SMILES string of the molecule is CCCCCCCCCCCCCCCCCCCCC/C=C/C(O)C(COC1OC(CO)C(OC2OC(CO)C(O)C(O)C2O)C(O)C1O)NC(=O)CCCCCCCCCCCCCCCCCCCCCC. The van der Waals surface area contributed by atoms with E-state index in [-0.39, 0.29) is 18.9 Å². The van der Waals surface area contributed by atoms with E-state index in [4.69, 9.17) is 18.9 Å². The molecule has 2 saturated heterocycles. The molecule has 0 aromatic carbocycles. The summed E-state index contributed by atoms with van der Waals surface area (Å²) in [4.78, 5) is 13.3. The number of aliphatic hydroxyl groups excluding tert-OH is 8. The molecule has 1 amide bonds. The van der Waals surface area contributed by atoms with Gasteiger partial charge in [-0.15, -0.1) is 0 Å². The molecule has 12 unspecified atom stereocenters. The second kappa shape index (κ2) is 47.5. The first-order valence-electron chi connectivity index (χ1n) is 31.4. The lowest BCUT2D eigenvalue weighted by molar-refractivity contribution is -0.359. The molecule has 9 N–H and O–H groups in total. The summed E-state index contributed by atoms with van der Waals surface area (Å²) in [7, 11) is 0. The number of hydrogen-bond acceptors (Lipinski definition) is 13. The van der Waals surface area contributed by atoms with E-state index in [0.717, 1.165) is 38.5 Å². The minimum Gasteiger partial charge on any atom is -0.394 e. The number of carbonyl (C=O) groups is 1. The molecule has 444 valence electrons. The molecule has 0 aromatic heterocycles. The molecule has 2 fully saturated rings. The molecule has 0 aromatic rings. The summed E-state index contributed by atoms with van der Waals surface area (Å²) in [5, 5.41) is 87.2. The normalized spacial score (nSPS) is 25.0. The minimum absolute atomic E-state index is 0.233. The predicted octanol–water partition coefficient (Wildman–Crippen LogP) is 11.1. The van der Waals surface area contributed by atoms with E-state index in [9.17, 15) is 45.6 Å². The Bertz CT molecular complexity index is 1310. The molecule has 12 atom stereocenters. The second-order valence-corrected chi connectivity index (χ2v) is 22.6. The van der Waals surface area contributed by atoms with Gasteiger partial charge in [0.25, 0.3) is 0 Å². The molecule has 2 rings (SSSR count). The van der Waals surface area contributed by atoms with Gasteiger partial charge in [0.05, 0.1) is 32.0 Å². The lowest BCUT2D eigenvalue weighted by Crippen LogP contribution is -2.65. The predicted molar refractivity (Wildman–Crippen MR) is 300 cm³/mol. The summed E-state index contributed by atoms with van der Waals surface area (Å²) in [5.74, 6) is -0.233. The molecular formula is C61H117NO13. The van der Waals surface area contributed by atoms with Crippen molar-refractivity contribution in [3.8, 4) is 0 Å². The highest BCUT2D eigenvalue weighted by Gasteiger charge is 2.51. The number of allylic oxidation sites excluding steroid dienone is 1. The molecule has 2 aliphatic rings. The highest BCUT2D eigenvalue weighted by atomic mass is 16.7. The molecule has 0 radical (unpaired) electrons. The Kier molecular flexibility index (Phi) is 44.3. The lowest BCUT2D eigenvalue weighted by atomic mass is 9.97. The standard InChI is InChI=1S/C61H117NO13/c1-3-5-7-9-11-13-15-17-19-21-23-25-26-28-30-32-34-36-38-40-42-44-50(65)49(62-53(66)45-43-41-39-37-35-33-31-29-27-24-22-20-18-16-14-12-10-8-6-4-2)48-72-60-58(71)56(69)59(52(47-64)74-60)75-61-57(70)55(68)54(67)51(46-63)73-61/h42,44,49-52,54-61,63-65,67-71H,3-41,43,45-48H2,1-2H3,(H,62,66)/b44-42+. The van der Waals surface area contributed by atoms with Gasteiger partial charge in [0.2, 0.25) is 5.91 Å². The average Bonchev–Trinajstić information content (AvgIpc) is 3.41. The van der Waals surface area contributed by atoms with Crippen LogP contribution in [0, 0.1) is 0 Å². The second-order valence-electron chi connectivity index (χ2n) is 22.6. The highest BCUT2D eigenvalue weighted by Crippen LogP contribution is 2.30. The zero-order valence-corrected chi connectivity index (χ0v) is 47.8. The van der Waals surface area contributed by atoms with Crippen LogP contribution in [-0.2, 0) is 23.7 Å². The van der Waals surface area contributed by atoms with Crippen LogP contribution in [0.5, 0.6) is 0 Å². The van der Waals surface area contributed by atoms with Gasteiger partial charge >= 0.3 is 0 Å². The van der Waals surface area contributed by atoms with E-state index in [0.29, 0.717) is 6.42 Å². The Morgan fingerprint density at radius 1 is 0.467 bits per heavy atom. The Labute approximate surface area is 456 Å². The van der Waals surface area contributed by atoms with Crippen molar-refractivity contribution in [2.45, 2.75) is 351 Å². The monoisotopic (exact) mass is 1070 g/mol. The van der Waals surface area contributed by atoms with Crippen LogP contribution in [-0.4, -0.2) is 140 Å². The summed E-state index contributed by atoms with van der Waals surface area (Å²) in [6, 6.07) is -0.910. The van der Waals surface area contributed by atoms with Crippen molar-refractivity contribution < 1.29 is 64.6 Å². The number of amides is 1. The maximum absolute atomic E-state index is 13.3. The maximum Gasteiger partial charge on any atom is 0.220 e. The van der Waals surface area contributed by atoms with Crippen molar-refractivity contribution in [1.82, 2.24) is 5.32 Å². The van der Waals surface area contributed by atoms with Crippen molar-refractivity contribution in [3.63, 3.8) is 0 Å². The molecule has 0 bridgehead atoms. The highest BCUT2D eigenvalue weighted by molar-refractivity contribution is 5.76. The van der Waals surface area contributed by atoms with E-state index in [1.165, 1.54) is 212 Å². The van der Waals surface area contributed by atoms with Crippen LogP contribution >= 0.6 is 0 Å². The molecule has 0 saturated carbocycles. The lowest BCUT2D eigenvalue weighted by Gasteiger charge is -2.46. The Hall–Kier alpha value is -1.27. The van der Waals surface area contributed by atoms with Gasteiger partial charge in [-0.25, -0.2) is 0 Å². The number of ether oxygens (including phenoxy) is 4. The summed E-state index contributed by atoms with van der Waals surface area (Å²) in [6.45, 7) is 2.84. The fraction of sp³-hybridized carbons (Fsp3) is 0.951. The minimum atomic E-state index is -1.79. The van der Waals surface area contributed by atoms with Gasteiger partial charge in [0.15, 0.2) is 12.6 Å². The van der Waals surface area contributed by atoms with Gasteiger partial charge in [-0.2, -0.15) is 0 Å². The maximum atomic E-state index is 13.3. The number of nitrogens with one attached hydrogen (secondary N) is 1. The molecular weight excluding hydrogens is 955 g/mol. The molecule has 0 aliphatic carbocycles. The summed E-state index contributed by atoms with van der Waals surface area (Å²) in [5.41, 5.74) is 0. The smallest absolute Gasteiger partial charge is 0.220 e. The van der Waals surface area contributed by atoms with Crippen LogP contribution in [0.3, 0.4) is 0 Å². The van der Waals surface area contributed by atoms with E-state index >= 15 is 0 Å². The van der Waals surface area contributed by atoms with Gasteiger partial charge in [-0.3, -0.25) is 4.79 Å². The van der Waals surface area contributed by atoms with Crippen molar-refractivity contribution in [3.05, 3.63) is 12.2 Å². The van der Waals surface area contributed by atoms with Gasteiger partial charge < -0.3 is 65.1 Å². The summed E-state index contributed by atoms with van der Waals surface area (Å²) < 4.78 is 22.8. The number of hydrogen-bond donors (Lipinski definition) is 9. The van der Waals surface area contributed by atoms with E-state index < -0.39 is 86.8 Å². The average molecular weight is 1070 g/mol. The van der Waals surface area contributed by atoms with Crippen LogP contribution in [0.2, 0.25) is 0 Å². The quantitative estimate of drug-likeness (QED) is 0.0204. The fourth-order valence-electron chi connectivity index (χ4n) is 10.6. The Morgan fingerprint density at radius 2 is 0.827 bits per heavy atom. The zero-order valence-electron chi connectivity index (χ0n) is 47.8. The number of carbonyl (C=O) groups excluding carboxylic acids is 1. The molecule has 2 aliphatic heterocycles. The molecule has 75 heavy (non-hydrogen) atoms. The third kappa shape index (κ3) is 33.2. The van der Waals surface area contributed by atoms with Crippen molar-refractivity contribution in [1.29, 1.82) is 0 Å². The zero-order chi connectivity index (χ0) is 54.6. The third-order valence-corrected chi connectivity index (χ3v) is 15.7. The van der Waals surface area contributed by atoms with Crippen LogP contribution in [0.1, 0.15) is 277 Å². The van der Waals surface area contributed by atoms with Gasteiger partial charge in [-0.1, -0.05) is 264 Å². The van der Waals surface area contributed by atoms with Crippen molar-refractivity contribution in [2.75, 3.05) is 19.8 Å². The molecule has 14 heteroatoms. The van der Waals surface area contributed by atoms with E-state index in [1.54, 1.807) is 6.08 Å². The largest absolute Gasteiger partial charge is 0.394 e. The molecule has 0 spiro atoms. The third-order valence-electron chi connectivity index (χ3n) is 15.7. The van der Waals surface area contributed by atoms with E-state index in [1.807, 2.05) is 6.08 Å². The fourth-order valence-corrected chi connectivity index (χ4v) is 10.6. The number of unbranched alkanes of at least 4 members (excludes halogenated alkanes) is 38. The summed E-state index contributed by atoms with van der Waals surface area (Å²) >= 11 is 0. The first kappa shape index (κ1) is 69.8. The van der Waals surface area contributed by atoms with Crippen molar-refractivity contribution >= 4 is 5.91 Å². The first-order valence-corrected chi connectivity index (χ1v) is 31.4. The molecule has 14 nitrogen and oxygen atoms in total. The number of aliphatic hydroxyl groups is 8. The van der Waals surface area contributed by atoms with Crippen LogP contribution in [0.25, 0.3) is 0 Å². The van der Waals surface area contributed by atoms with Crippen molar-refractivity contribution in [2.24, 2.45) is 0 Å². The van der Waals surface area contributed by atoms with Crippen LogP contribution < -0.4 is 5.32 Å². The summed E-state index contributed by atoms with van der Waals surface area (Å²) in [6.07, 6.45) is 38.2. The Morgan fingerprint density at radius 3 is 1.23 bits per heavy atom. The van der Waals surface area contributed by atoms with Crippen LogP contribution in [0.4, 0.5) is 0 Å². The van der Waals surface area contributed by atoms with Gasteiger partial charge in [-0.05, 0) is 19.3 Å². The number of rotatable bonds is 51. The topological polar surface area (TPSA) is 228 Å². The van der Waals surface area contributed by atoms with Gasteiger partial charge in [0, 0.05) is 6.42 Å². The Balaban J connectivity index is 1.75. The van der Waals surface area contributed by atoms with Crippen LogP contribution in [0.15, 0.2) is 12.2 Å². The van der Waals surface area contributed by atoms with E-state index in [2.05, 4.69) is 19.2 Å². The van der Waals surface area contributed by atoms with Gasteiger partial charge in [0.1, 0.15) is 48.8 Å². The first-order chi connectivity index (χ1) is 36.6.